The fraction of sp³-hybridized carbons (Fsp3) is 0.238. The van der Waals surface area contributed by atoms with Crippen molar-refractivity contribution in [3.63, 3.8) is 0 Å². The first-order valence-corrected chi connectivity index (χ1v) is 8.34. The number of carbonyl (C=O) groups is 2. The second-order valence-corrected chi connectivity index (χ2v) is 6.06. The normalized spacial score (nSPS) is 13.5. The zero-order valence-corrected chi connectivity index (χ0v) is 14.2. The Morgan fingerprint density at radius 2 is 1.68 bits per heavy atom. The van der Waals surface area contributed by atoms with Gasteiger partial charge in [-0.2, -0.15) is 0 Å². The molecule has 0 saturated carbocycles. The molecule has 4 nitrogen and oxygen atoms in total. The lowest BCUT2D eigenvalue weighted by atomic mass is 9.95. The van der Waals surface area contributed by atoms with Gasteiger partial charge in [0.2, 0.25) is 5.91 Å². The number of ether oxygens (including phenoxy) is 1. The number of rotatable bonds is 6. The quantitative estimate of drug-likeness (QED) is 0.650. The molecule has 1 aliphatic rings. The van der Waals surface area contributed by atoms with Crippen LogP contribution in [-0.2, 0) is 14.3 Å². The van der Waals surface area contributed by atoms with Crippen LogP contribution in [0.15, 0.2) is 61.2 Å². The number of nitrogens with one attached hydrogen (secondary N) is 1. The number of methoxy groups -OCH3 is 1. The van der Waals surface area contributed by atoms with Crippen LogP contribution in [0.2, 0.25) is 0 Å². The van der Waals surface area contributed by atoms with E-state index in [1.165, 1.54) is 7.11 Å². The fourth-order valence-electron chi connectivity index (χ4n) is 3.37. The molecule has 0 aromatic heterocycles. The van der Waals surface area contributed by atoms with Crippen LogP contribution in [0.4, 0.5) is 0 Å². The Hall–Kier alpha value is -2.88. The van der Waals surface area contributed by atoms with E-state index in [-0.39, 0.29) is 5.91 Å². The highest BCUT2D eigenvalue weighted by Crippen LogP contribution is 2.44. The molecule has 0 radical (unpaired) electrons. The molecule has 1 atom stereocenters. The van der Waals surface area contributed by atoms with Gasteiger partial charge in [-0.05, 0) is 35.1 Å². The van der Waals surface area contributed by atoms with E-state index in [1.807, 2.05) is 48.5 Å². The molecule has 0 unspecified atom stereocenters. The first-order chi connectivity index (χ1) is 12.2. The van der Waals surface area contributed by atoms with Crippen LogP contribution in [-0.4, -0.2) is 25.0 Å². The van der Waals surface area contributed by atoms with Gasteiger partial charge in [-0.25, -0.2) is 4.79 Å². The molecule has 0 bridgehead atoms. The lowest BCUT2D eigenvalue weighted by Crippen LogP contribution is -2.43. The summed E-state index contributed by atoms with van der Waals surface area (Å²) in [6, 6.07) is 15.1. The maximum atomic E-state index is 13.0. The van der Waals surface area contributed by atoms with Crippen molar-refractivity contribution < 1.29 is 14.3 Å². The molecule has 1 N–H and O–H groups in total. The van der Waals surface area contributed by atoms with Crippen molar-refractivity contribution in [2.75, 3.05) is 7.11 Å². The van der Waals surface area contributed by atoms with Crippen molar-refractivity contribution in [1.82, 2.24) is 5.32 Å². The molecule has 0 spiro atoms. The molecule has 128 valence electrons. The van der Waals surface area contributed by atoms with Gasteiger partial charge in [0.05, 0.1) is 13.0 Å². The van der Waals surface area contributed by atoms with E-state index in [4.69, 9.17) is 4.74 Å². The van der Waals surface area contributed by atoms with E-state index in [2.05, 4.69) is 11.9 Å². The second kappa shape index (κ2) is 7.34. The van der Waals surface area contributed by atoms with Crippen molar-refractivity contribution >= 4 is 11.9 Å². The molecule has 25 heavy (non-hydrogen) atoms. The highest BCUT2D eigenvalue weighted by Gasteiger charge is 2.35. The SMILES string of the molecule is C=CCC[C@H](NC(=O)C1c2ccccc2-c2ccccc21)C(=O)OC. The standard InChI is InChI=1S/C21H21NO3/c1-3-4-13-18(21(24)25-2)22-20(23)19-16-11-7-5-9-14(16)15-10-6-8-12-17(15)19/h3,5-12,18-19H,1,4,13H2,2H3,(H,22,23)/t18-/m0/s1. The number of benzene rings is 2. The van der Waals surface area contributed by atoms with Gasteiger partial charge in [-0.15, -0.1) is 6.58 Å². The van der Waals surface area contributed by atoms with Crippen LogP contribution in [0.25, 0.3) is 11.1 Å². The number of amides is 1. The molecule has 0 saturated heterocycles. The minimum Gasteiger partial charge on any atom is -0.467 e. The maximum absolute atomic E-state index is 13.0. The Bertz CT molecular complexity index is 767. The van der Waals surface area contributed by atoms with Gasteiger partial charge in [0.15, 0.2) is 0 Å². The number of carbonyl (C=O) groups excluding carboxylic acids is 2. The Morgan fingerprint density at radius 3 is 2.20 bits per heavy atom. The maximum Gasteiger partial charge on any atom is 0.328 e. The first-order valence-electron chi connectivity index (χ1n) is 8.34. The molecular weight excluding hydrogens is 314 g/mol. The summed E-state index contributed by atoms with van der Waals surface area (Å²) >= 11 is 0. The van der Waals surface area contributed by atoms with Gasteiger partial charge in [0.1, 0.15) is 6.04 Å². The minimum absolute atomic E-state index is 0.183. The van der Waals surface area contributed by atoms with Gasteiger partial charge in [-0.3, -0.25) is 4.79 Å². The van der Waals surface area contributed by atoms with Crippen LogP contribution in [0, 0.1) is 0 Å². The van der Waals surface area contributed by atoms with Gasteiger partial charge >= 0.3 is 5.97 Å². The highest BCUT2D eigenvalue weighted by atomic mass is 16.5. The van der Waals surface area contributed by atoms with Gasteiger partial charge < -0.3 is 10.1 Å². The van der Waals surface area contributed by atoms with Crippen molar-refractivity contribution in [3.05, 3.63) is 72.3 Å². The van der Waals surface area contributed by atoms with Crippen LogP contribution in [0.1, 0.15) is 29.9 Å². The van der Waals surface area contributed by atoms with Crippen LogP contribution in [0.3, 0.4) is 0 Å². The number of hydrogen-bond acceptors (Lipinski definition) is 3. The molecule has 0 fully saturated rings. The molecular formula is C21H21NO3. The average Bonchev–Trinajstić information content (AvgIpc) is 2.99. The predicted molar refractivity (Wildman–Crippen MR) is 97.1 cm³/mol. The predicted octanol–water partition coefficient (Wildman–Crippen LogP) is 3.42. The smallest absolute Gasteiger partial charge is 0.328 e. The summed E-state index contributed by atoms with van der Waals surface area (Å²) in [5, 5.41) is 2.86. The zero-order chi connectivity index (χ0) is 17.8. The second-order valence-electron chi connectivity index (χ2n) is 6.06. The third-order valence-corrected chi connectivity index (χ3v) is 4.56. The molecule has 4 heteroatoms. The summed E-state index contributed by atoms with van der Waals surface area (Å²) < 4.78 is 4.82. The van der Waals surface area contributed by atoms with E-state index in [0.717, 1.165) is 22.3 Å². The Morgan fingerprint density at radius 1 is 1.12 bits per heavy atom. The van der Waals surface area contributed by atoms with Crippen molar-refractivity contribution in [2.24, 2.45) is 0 Å². The summed E-state index contributed by atoms with van der Waals surface area (Å²) in [5.41, 5.74) is 4.07. The Balaban J connectivity index is 1.91. The van der Waals surface area contributed by atoms with Gasteiger partial charge in [0, 0.05) is 0 Å². The molecule has 1 amide bonds. The fourth-order valence-corrected chi connectivity index (χ4v) is 3.37. The Labute approximate surface area is 147 Å². The first kappa shape index (κ1) is 17.0. The molecule has 2 aromatic carbocycles. The molecule has 1 aliphatic carbocycles. The molecule has 3 rings (SSSR count). The number of esters is 1. The van der Waals surface area contributed by atoms with Crippen molar-refractivity contribution in [2.45, 2.75) is 24.8 Å². The van der Waals surface area contributed by atoms with E-state index >= 15 is 0 Å². The molecule has 0 heterocycles. The van der Waals surface area contributed by atoms with Crippen molar-refractivity contribution in [3.8, 4) is 11.1 Å². The number of fused-ring (bicyclic) bond motifs is 3. The van der Waals surface area contributed by atoms with E-state index in [9.17, 15) is 9.59 Å². The lowest BCUT2D eigenvalue weighted by molar-refractivity contribution is -0.145. The lowest BCUT2D eigenvalue weighted by Gasteiger charge is -2.19. The number of allylic oxidation sites excluding steroid dienone is 1. The summed E-state index contributed by atoms with van der Waals surface area (Å²) in [6.07, 6.45) is 2.82. The highest BCUT2D eigenvalue weighted by molar-refractivity contribution is 5.97. The van der Waals surface area contributed by atoms with E-state index in [1.54, 1.807) is 6.08 Å². The summed E-state index contributed by atoms with van der Waals surface area (Å²) in [6.45, 7) is 3.67. The number of hydrogen-bond donors (Lipinski definition) is 1. The van der Waals surface area contributed by atoms with Gasteiger partial charge in [0.25, 0.3) is 0 Å². The third-order valence-electron chi connectivity index (χ3n) is 4.56. The zero-order valence-electron chi connectivity index (χ0n) is 14.2. The topological polar surface area (TPSA) is 55.4 Å². The van der Waals surface area contributed by atoms with E-state index in [0.29, 0.717) is 12.8 Å². The van der Waals surface area contributed by atoms with Gasteiger partial charge in [-0.1, -0.05) is 54.6 Å². The minimum atomic E-state index is -0.671. The van der Waals surface area contributed by atoms with Crippen molar-refractivity contribution in [1.29, 1.82) is 0 Å². The van der Waals surface area contributed by atoms with Crippen LogP contribution >= 0.6 is 0 Å². The molecule has 0 aliphatic heterocycles. The van der Waals surface area contributed by atoms with Crippen LogP contribution < -0.4 is 5.32 Å². The monoisotopic (exact) mass is 335 g/mol. The Kier molecular flexibility index (Phi) is 4.98. The average molecular weight is 335 g/mol. The molecule has 2 aromatic rings. The van der Waals surface area contributed by atoms with E-state index < -0.39 is 17.9 Å². The third kappa shape index (κ3) is 3.20. The largest absolute Gasteiger partial charge is 0.467 e. The summed E-state index contributed by atoms with van der Waals surface area (Å²) in [4.78, 5) is 25.0. The summed E-state index contributed by atoms with van der Waals surface area (Å²) in [5.74, 6) is -1.03. The van der Waals surface area contributed by atoms with Crippen LogP contribution in [0.5, 0.6) is 0 Å². The summed E-state index contributed by atoms with van der Waals surface area (Å²) in [7, 11) is 1.33.